The van der Waals surface area contributed by atoms with E-state index >= 15 is 0 Å². The zero-order valence-corrected chi connectivity index (χ0v) is 13.0. The third-order valence-corrected chi connectivity index (χ3v) is 4.23. The molecule has 114 valence electrons. The first-order valence-corrected chi connectivity index (χ1v) is 7.44. The molecule has 1 heterocycles. The first-order chi connectivity index (χ1) is 10.5. The molecule has 2 rings (SSSR count). The predicted molar refractivity (Wildman–Crippen MR) is 81.5 cm³/mol. The third kappa shape index (κ3) is 3.28. The summed E-state index contributed by atoms with van der Waals surface area (Å²) >= 11 is 1.13. The van der Waals surface area contributed by atoms with Crippen LogP contribution in [0.4, 0.5) is 5.69 Å². The molecule has 0 saturated carbocycles. The summed E-state index contributed by atoms with van der Waals surface area (Å²) in [6.45, 7) is 1.83. The van der Waals surface area contributed by atoms with Gasteiger partial charge in [0, 0.05) is 25.1 Å². The van der Waals surface area contributed by atoms with Crippen LogP contribution in [0.3, 0.4) is 0 Å². The van der Waals surface area contributed by atoms with Crippen molar-refractivity contribution in [3.63, 3.8) is 0 Å². The van der Waals surface area contributed by atoms with E-state index in [0.717, 1.165) is 11.8 Å². The number of esters is 1. The Labute approximate surface area is 132 Å². The van der Waals surface area contributed by atoms with Crippen molar-refractivity contribution < 1.29 is 19.1 Å². The molecule has 0 bridgehead atoms. The van der Waals surface area contributed by atoms with Gasteiger partial charge in [-0.05, 0) is 18.2 Å². The molecule has 1 fully saturated rings. The molecular formula is C15H14N2O4S. The van der Waals surface area contributed by atoms with Gasteiger partial charge in [-0.3, -0.25) is 9.59 Å². The fourth-order valence-corrected chi connectivity index (χ4v) is 3.25. The molecule has 7 heteroatoms. The van der Waals surface area contributed by atoms with Crippen LogP contribution in [-0.2, 0) is 14.3 Å². The molecule has 1 amide bonds. The van der Waals surface area contributed by atoms with Crippen LogP contribution in [-0.4, -0.2) is 35.9 Å². The fourth-order valence-electron chi connectivity index (χ4n) is 2.33. The Bertz CT molecular complexity index is 681. The Morgan fingerprint density at radius 3 is 2.77 bits per heavy atom. The summed E-state index contributed by atoms with van der Waals surface area (Å²) in [5.74, 6) is -0.679. The smallest absolute Gasteiger partial charge is 0.337 e. The summed E-state index contributed by atoms with van der Waals surface area (Å²) in [5, 5.41) is 9.10. The lowest BCUT2D eigenvalue weighted by atomic mass is 10.1. The topological polar surface area (TPSA) is 87.5 Å². The van der Waals surface area contributed by atoms with E-state index in [1.807, 2.05) is 6.07 Å². The number of nitrogens with zero attached hydrogens (tertiary/aromatic N) is 2. The summed E-state index contributed by atoms with van der Waals surface area (Å²) in [7, 11) is 1.26. The molecule has 0 radical (unpaired) electrons. The third-order valence-electron chi connectivity index (χ3n) is 3.25. The number of amides is 1. The van der Waals surface area contributed by atoms with E-state index < -0.39 is 5.97 Å². The van der Waals surface area contributed by atoms with E-state index in [1.165, 1.54) is 31.1 Å². The Balaban J connectivity index is 2.29. The van der Waals surface area contributed by atoms with Gasteiger partial charge in [-0.1, -0.05) is 11.8 Å². The van der Waals surface area contributed by atoms with Crippen molar-refractivity contribution in [3.05, 3.63) is 29.3 Å². The van der Waals surface area contributed by atoms with E-state index in [1.54, 1.807) is 6.07 Å². The van der Waals surface area contributed by atoms with E-state index in [-0.39, 0.29) is 33.8 Å². The molecular weight excluding hydrogens is 304 g/mol. The van der Waals surface area contributed by atoms with Crippen LogP contribution >= 0.6 is 11.8 Å². The summed E-state index contributed by atoms with van der Waals surface area (Å²) in [6.07, 6.45) is 0.258. The minimum absolute atomic E-state index is 0.0406. The molecule has 1 saturated heterocycles. The summed E-state index contributed by atoms with van der Waals surface area (Å²) in [5.41, 5.74) is 0.931. The minimum Gasteiger partial charge on any atom is -0.465 e. The molecule has 1 aromatic rings. The maximum absolute atomic E-state index is 12.1. The number of hydrogen-bond donors (Lipinski definition) is 0. The van der Waals surface area contributed by atoms with Gasteiger partial charge in [-0.25, -0.2) is 4.79 Å². The van der Waals surface area contributed by atoms with E-state index in [9.17, 15) is 19.6 Å². The summed E-state index contributed by atoms with van der Waals surface area (Å²) in [6, 6.07) is 6.47. The van der Waals surface area contributed by atoms with Crippen LogP contribution in [0.1, 0.15) is 29.3 Å². The lowest BCUT2D eigenvalue weighted by Crippen LogP contribution is -2.26. The number of hydrogen-bond acceptors (Lipinski definition) is 6. The second kappa shape index (κ2) is 6.62. The number of rotatable bonds is 3. The van der Waals surface area contributed by atoms with Crippen LogP contribution in [0.25, 0.3) is 0 Å². The van der Waals surface area contributed by atoms with Gasteiger partial charge in [0.15, 0.2) is 5.12 Å². The van der Waals surface area contributed by atoms with Gasteiger partial charge in [0.2, 0.25) is 5.91 Å². The first-order valence-electron chi connectivity index (χ1n) is 6.56. The molecule has 1 aliphatic rings. The largest absolute Gasteiger partial charge is 0.465 e. The van der Waals surface area contributed by atoms with Crippen LogP contribution in [0.2, 0.25) is 0 Å². The van der Waals surface area contributed by atoms with Crippen molar-refractivity contribution in [3.8, 4) is 6.07 Å². The summed E-state index contributed by atoms with van der Waals surface area (Å²) in [4.78, 5) is 36.2. The Hall–Kier alpha value is -2.33. The fraction of sp³-hybridized carbons (Fsp3) is 0.333. The number of methoxy groups -OCH3 is 1. The van der Waals surface area contributed by atoms with Gasteiger partial charge in [0.1, 0.15) is 6.07 Å². The molecule has 22 heavy (non-hydrogen) atoms. The van der Waals surface area contributed by atoms with Crippen LogP contribution in [0.15, 0.2) is 18.2 Å². The molecule has 0 spiro atoms. The highest BCUT2D eigenvalue weighted by Crippen LogP contribution is 2.31. The molecule has 1 aromatic carbocycles. The number of ether oxygens (including phenoxy) is 1. The minimum atomic E-state index is -0.541. The monoisotopic (exact) mass is 318 g/mol. The van der Waals surface area contributed by atoms with E-state index in [2.05, 4.69) is 4.74 Å². The van der Waals surface area contributed by atoms with Crippen molar-refractivity contribution in [2.24, 2.45) is 0 Å². The Kier molecular flexibility index (Phi) is 4.83. The quantitative estimate of drug-likeness (QED) is 0.789. The number of thioether (sulfide) groups is 1. The number of benzene rings is 1. The zero-order chi connectivity index (χ0) is 16.3. The van der Waals surface area contributed by atoms with Gasteiger partial charge in [0.05, 0.1) is 23.9 Å². The van der Waals surface area contributed by atoms with Crippen molar-refractivity contribution in [1.29, 1.82) is 5.26 Å². The number of carbonyl (C=O) groups excluding carboxylic acids is 3. The zero-order valence-electron chi connectivity index (χ0n) is 12.2. The first kappa shape index (κ1) is 16.0. The van der Waals surface area contributed by atoms with Gasteiger partial charge in [0.25, 0.3) is 0 Å². The van der Waals surface area contributed by atoms with Gasteiger partial charge >= 0.3 is 5.97 Å². The van der Waals surface area contributed by atoms with Crippen LogP contribution < -0.4 is 4.90 Å². The van der Waals surface area contributed by atoms with Crippen LogP contribution in [0.5, 0.6) is 0 Å². The maximum atomic E-state index is 12.1. The van der Waals surface area contributed by atoms with Gasteiger partial charge in [-0.2, -0.15) is 5.26 Å². The van der Waals surface area contributed by atoms with Crippen molar-refractivity contribution in [1.82, 2.24) is 0 Å². The van der Waals surface area contributed by atoms with Crippen molar-refractivity contribution >= 4 is 34.4 Å². The van der Waals surface area contributed by atoms with Crippen molar-refractivity contribution in [2.45, 2.75) is 18.6 Å². The number of anilines is 1. The molecule has 6 nitrogen and oxygen atoms in total. The number of carbonyl (C=O) groups is 3. The molecule has 0 aromatic heterocycles. The second-order valence-electron chi connectivity index (χ2n) is 4.78. The molecule has 1 atom stereocenters. The SMILES string of the molecule is COC(=O)c1ccc(N2CC(SC(C)=O)CC2=O)c(C#N)c1. The standard InChI is InChI=1S/C15H14N2O4S/c1-9(18)22-12-6-14(19)17(8-12)13-4-3-10(15(20)21-2)5-11(13)7-16/h3-5,12H,6,8H2,1-2H3. The lowest BCUT2D eigenvalue weighted by Gasteiger charge is -2.18. The highest BCUT2D eigenvalue weighted by atomic mass is 32.2. The molecule has 0 N–H and O–H groups in total. The lowest BCUT2D eigenvalue weighted by molar-refractivity contribution is -0.117. The predicted octanol–water partition coefficient (Wildman–Crippen LogP) is 1.73. The van der Waals surface area contributed by atoms with Crippen molar-refractivity contribution in [2.75, 3.05) is 18.6 Å². The Morgan fingerprint density at radius 2 is 2.18 bits per heavy atom. The van der Waals surface area contributed by atoms with Gasteiger partial charge in [-0.15, -0.1) is 0 Å². The molecule has 1 aliphatic heterocycles. The highest BCUT2D eigenvalue weighted by Gasteiger charge is 2.33. The van der Waals surface area contributed by atoms with E-state index in [0.29, 0.717) is 12.2 Å². The molecule has 1 unspecified atom stereocenters. The van der Waals surface area contributed by atoms with Crippen LogP contribution in [0, 0.1) is 11.3 Å². The van der Waals surface area contributed by atoms with Gasteiger partial charge < -0.3 is 9.64 Å². The van der Waals surface area contributed by atoms with E-state index in [4.69, 9.17) is 0 Å². The Morgan fingerprint density at radius 1 is 1.45 bits per heavy atom. The molecule has 0 aliphatic carbocycles. The normalized spacial score (nSPS) is 17.2. The highest BCUT2D eigenvalue weighted by molar-refractivity contribution is 8.14. The second-order valence-corrected chi connectivity index (χ2v) is 6.25. The average Bonchev–Trinajstić information content (AvgIpc) is 2.85. The average molecular weight is 318 g/mol. The summed E-state index contributed by atoms with van der Waals surface area (Å²) < 4.78 is 4.61. The maximum Gasteiger partial charge on any atom is 0.337 e. The number of nitriles is 1.